The quantitative estimate of drug-likeness (QED) is 0.796. The minimum Gasteiger partial charge on any atom is -0.308 e. The Hall–Kier alpha value is -2.14. The molecule has 0 heterocycles. The largest absolute Gasteiger partial charge is 0.323 e. The predicted octanol–water partition coefficient (Wildman–Crippen LogP) is 4.22. The second-order valence-corrected chi connectivity index (χ2v) is 5.36. The van der Waals surface area contributed by atoms with Gasteiger partial charge >= 0.3 is 6.03 Å². The zero-order valence-electron chi connectivity index (χ0n) is 11.3. The van der Waals surface area contributed by atoms with Gasteiger partial charge in [0.05, 0.1) is 0 Å². The van der Waals surface area contributed by atoms with Crippen molar-refractivity contribution < 1.29 is 9.59 Å². The molecule has 0 unspecified atom stereocenters. The van der Waals surface area contributed by atoms with Gasteiger partial charge in [-0.25, -0.2) is 4.79 Å². The Morgan fingerprint density at radius 1 is 1.05 bits per heavy atom. The van der Waals surface area contributed by atoms with Crippen molar-refractivity contribution in [3.8, 4) is 0 Å². The molecule has 0 aliphatic carbocycles. The van der Waals surface area contributed by atoms with Crippen molar-refractivity contribution in [3.05, 3.63) is 58.6 Å². The third-order valence-electron chi connectivity index (χ3n) is 2.90. The fourth-order valence-electron chi connectivity index (χ4n) is 1.89. The third kappa shape index (κ3) is 4.72. The Morgan fingerprint density at radius 3 is 2.48 bits per heavy atom. The van der Waals surface area contributed by atoms with Crippen molar-refractivity contribution in [1.29, 1.82) is 0 Å². The first kappa shape index (κ1) is 15.3. The van der Waals surface area contributed by atoms with E-state index in [2.05, 4.69) is 26.6 Å². The number of carbonyl (C=O) groups is 2. The molecule has 108 valence electrons. The van der Waals surface area contributed by atoms with E-state index in [0.717, 1.165) is 16.3 Å². The van der Waals surface area contributed by atoms with E-state index in [1.807, 2.05) is 48.5 Å². The molecule has 0 bridgehead atoms. The highest BCUT2D eigenvalue weighted by Crippen LogP contribution is 2.18. The molecule has 2 aromatic rings. The summed E-state index contributed by atoms with van der Waals surface area (Å²) >= 11 is 3.34. The highest BCUT2D eigenvalue weighted by molar-refractivity contribution is 9.10. The molecule has 0 saturated heterocycles. The maximum Gasteiger partial charge on any atom is 0.323 e. The summed E-state index contributed by atoms with van der Waals surface area (Å²) in [6.07, 6.45) is 1.92. The maximum atomic E-state index is 12.0. The van der Waals surface area contributed by atoms with Crippen LogP contribution in [0.15, 0.2) is 53.0 Å². The Labute approximate surface area is 131 Å². The molecule has 0 spiro atoms. The van der Waals surface area contributed by atoms with Crippen molar-refractivity contribution in [2.24, 2.45) is 0 Å². The number of amides is 2. The van der Waals surface area contributed by atoms with Crippen molar-refractivity contribution in [2.75, 3.05) is 10.6 Å². The van der Waals surface area contributed by atoms with E-state index < -0.39 is 0 Å². The molecule has 5 heteroatoms. The van der Waals surface area contributed by atoms with Gasteiger partial charge in [-0.3, -0.25) is 0 Å². The monoisotopic (exact) mass is 346 g/mol. The molecule has 4 nitrogen and oxygen atoms in total. The highest BCUT2D eigenvalue weighted by Gasteiger charge is 2.06. The van der Waals surface area contributed by atoms with Crippen LogP contribution in [0.4, 0.5) is 16.2 Å². The zero-order valence-corrected chi connectivity index (χ0v) is 12.9. The number of urea groups is 1. The number of aldehydes is 1. The van der Waals surface area contributed by atoms with Gasteiger partial charge in [-0.1, -0.05) is 34.1 Å². The molecule has 0 fully saturated rings. The molecule has 0 atom stereocenters. The van der Waals surface area contributed by atoms with Crippen LogP contribution in [0.3, 0.4) is 0 Å². The second kappa shape index (κ2) is 7.59. The van der Waals surface area contributed by atoms with Gasteiger partial charge in [-0.05, 0) is 42.3 Å². The molecular weight excluding hydrogens is 332 g/mol. The summed E-state index contributed by atoms with van der Waals surface area (Å²) in [5, 5.41) is 5.57. The molecule has 0 saturated carbocycles. The van der Waals surface area contributed by atoms with E-state index in [1.54, 1.807) is 0 Å². The van der Waals surface area contributed by atoms with Gasteiger partial charge in [0.1, 0.15) is 6.29 Å². The van der Waals surface area contributed by atoms with E-state index in [4.69, 9.17) is 0 Å². The number of rotatable bonds is 5. The van der Waals surface area contributed by atoms with Crippen LogP contribution in [-0.4, -0.2) is 12.3 Å². The average Bonchev–Trinajstić information content (AvgIpc) is 2.49. The van der Waals surface area contributed by atoms with Crippen LogP contribution >= 0.6 is 15.9 Å². The van der Waals surface area contributed by atoms with E-state index in [0.29, 0.717) is 24.2 Å². The molecule has 2 N–H and O–H groups in total. The molecule has 0 aliphatic rings. The van der Waals surface area contributed by atoms with Gasteiger partial charge in [-0.15, -0.1) is 0 Å². The first-order valence-corrected chi connectivity index (χ1v) is 7.33. The Balaban J connectivity index is 2.02. The number of hydrogen-bond acceptors (Lipinski definition) is 2. The number of halogens is 1. The molecule has 2 rings (SSSR count). The van der Waals surface area contributed by atoms with Crippen molar-refractivity contribution in [2.45, 2.75) is 12.8 Å². The van der Waals surface area contributed by atoms with Crippen LogP contribution in [0.5, 0.6) is 0 Å². The molecule has 0 aliphatic heterocycles. The van der Waals surface area contributed by atoms with Gasteiger partial charge in [0.2, 0.25) is 0 Å². The molecule has 21 heavy (non-hydrogen) atoms. The Bertz CT molecular complexity index is 626. The first-order chi connectivity index (χ1) is 10.2. The van der Waals surface area contributed by atoms with E-state index in [9.17, 15) is 9.59 Å². The van der Waals surface area contributed by atoms with Crippen LogP contribution < -0.4 is 10.6 Å². The standard InChI is InChI=1S/C16H15BrN2O2/c17-13-7-9-14(10-8-13)18-16(21)19-15-6-2-1-4-12(15)5-3-11-20/h1-2,4,6-11H,3,5H2,(H2,18,19,21). The molecule has 0 aromatic heterocycles. The Morgan fingerprint density at radius 2 is 1.76 bits per heavy atom. The van der Waals surface area contributed by atoms with Gasteiger partial charge < -0.3 is 15.4 Å². The average molecular weight is 347 g/mol. The summed E-state index contributed by atoms with van der Waals surface area (Å²) in [7, 11) is 0. The van der Waals surface area contributed by atoms with Crippen LogP contribution in [0, 0.1) is 0 Å². The van der Waals surface area contributed by atoms with Crippen molar-refractivity contribution >= 4 is 39.6 Å². The third-order valence-corrected chi connectivity index (χ3v) is 3.43. The van der Waals surface area contributed by atoms with E-state index in [-0.39, 0.29) is 6.03 Å². The number of benzene rings is 2. The van der Waals surface area contributed by atoms with Crippen LogP contribution in [-0.2, 0) is 11.2 Å². The maximum absolute atomic E-state index is 12.0. The van der Waals surface area contributed by atoms with Crippen molar-refractivity contribution in [1.82, 2.24) is 0 Å². The smallest absolute Gasteiger partial charge is 0.308 e. The lowest BCUT2D eigenvalue weighted by Crippen LogP contribution is -2.20. The molecule has 2 amide bonds. The lowest BCUT2D eigenvalue weighted by atomic mass is 10.1. The van der Waals surface area contributed by atoms with Crippen LogP contribution in [0.25, 0.3) is 0 Å². The fraction of sp³-hybridized carbons (Fsp3) is 0.125. The second-order valence-electron chi connectivity index (χ2n) is 4.45. The SMILES string of the molecule is O=CCCc1ccccc1NC(=O)Nc1ccc(Br)cc1. The van der Waals surface area contributed by atoms with E-state index >= 15 is 0 Å². The number of nitrogens with one attached hydrogen (secondary N) is 2. The lowest BCUT2D eigenvalue weighted by Gasteiger charge is -2.11. The van der Waals surface area contributed by atoms with Crippen molar-refractivity contribution in [3.63, 3.8) is 0 Å². The van der Waals surface area contributed by atoms with Gasteiger partial charge in [0.25, 0.3) is 0 Å². The van der Waals surface area contributed by atoms with Crippen LogP contribution in [0.1, 0.15) is 12.0 Å². The predicted molar refractivity (Wildman–Crippen MR) is 87.6 cm³/mol. The van der Waals surface area contributed by atoms with Gasteiger partial charge in [-0.2, -0.15) is 0 Å². The molecular formula is C16H15BrN2O2. The first-order valence-electron chi connectivity index (χ1n) is 6.54. The summed E-state index contributed by atoms with van der Waals surface area (Å²) in [6.45, 7) is 0. The normalized spacial score (nSPS) is 9.95. The summed E-state index contributed by atoms with van der Waals surface area (Å²) in [5.74, 6) is 0. The lowest BCUT2D eigenvalue weighted by molar-refractivity contribution is -0.107. The highest BCUT2D eigenvalue weighted by atomic mass is 79.9. The van der Waals surface area contributed by atoms with Gasteiger partial charge in [0, 0.05) is 22.3 Å². The summed E-state index contributed by atoms with van der Waals surface area (Å²) < 4.78 is 0.952. The number of anilines is 2. The number of hydrogen-bond donors (Lipinski definition) is 2. The van der Waals surface area contributed by atoms with Gasteiger partial charge in [0.15, 0.2) is 0 Å². The Kier molecular flexibility index (Phi) is 5.51. The van der Waals surface area contributed by atoms with E-state index in [1.165, 1.54) is 0 Å². The summed E-state index contributed by atoms with van der Waals surface area (Å²) in [5.41, 5.74) is 2.37. The zero-order chi connectivity index (χ0) is 15.1. The minimum absolute atomic E-state index is 0.309. The number of para-hydroxylation sites is 1. The molecule has 0 radical (unpaired) electrons. The number of aryl methyl sites for hydroxylation is 1. The molecule has 2 aromatic carbocycles. The topological polar surface area (TPSA) is 58.2 Å². The van der Waals surface area contributed by atoms with Crippen LogP contribution in [0.2, 0.25) is 0 Å². The minimum atomic E-state index is -0.309. The summed E-state index contributed by atoms with van der Waals surface area (Å²) in [6, 6.07) is 14.5. The number of carbonyl (C=O) groups excluding carboxylic acids is 2. The summed E-state index contributed by atoms with van der Waals surface area (Å²) in [4.78, 5) is 22.5. The fourth-order valence-corrected chi connectivity index (χ4v) is 2.16.